The number of aryl methyl sites for hydroxylation is 1. The van der Waals surface area contributed by atoms with Crippen LogP contribution in [0, 0.1) is 6.92 Å². The molecule has 4 heteroatoms. The van der Waals surface area contributed by atoms with Crippen molar-refractivity contribution in [3.63, 3.8) is 0 Å². The average molecular weight is 291 g/mol. The van der Waals surface area contributed by atoms with Gasteiger partial charge in [0.25, 0.3) is 0 Å². The van der Waals surface area contributed by atoms with Gasteiger partial charge in [-0.25, -0.2) is 0 Å². The minimum absolute atomic E-state index is 0.303. The highest BCUT2D eigenvalue weighted by Crippen LogP contribution is 2.24. The molecular weight excluding hydrogens is 276 g/mol. The number of nitrogens with two attached hydrogens (primary N) is 1. The van der Waals surface area contributed by atoms with Crippen molar-refractivity contribution in [3.05, 3.63) is 64.2 Å². The Morgan fingerprint density at radius 2 is 2.00 bits per heavy atom. The molecule has 19 heavy (non-hydrogen) atoms. The van der Waals surface area contributed by atoms with Crippen molar-refractivity contribution in [1.82, 2.24) is 0 Å². The Morgan fingerprint density at radius 1 is 1.26 bits per heavy atom. The Labute approximate surface area is 123 Å². The Balaban J connectivity index is 2.20. The van der Waals surface area contributed by atoms with E-state index < -0.39 is 0 Å². The predicted octanol–water partition coefficient (Wildman–Crippen LogP) is 3.89. The van der Waals surface area contributed by atoms with Crippen LogP contribution in [0.5, 0.6) is 0 Å². The second kappa shape index (κ2) is 6.04. The van der Waals surface area contributed by atoms with E-state index in [0.29, 0.717) is 22.1 Å². The molecule has 0 fully saturated rings. The number of hydrogen-bond acceptors (Lipinski definition) is 2. The van der Waals surface area contributed by atoms with Crippen LogP contribution in [0.4, 0.5) is 5.69 Å². The van der Waals surface area contributed by atoms with Crippen molar-refractivity contribution >= 4 is 34.5 Å². The molecule has 0 aliphatic rings. The first kappa shape index (κ1) is 13.8. The van der Waals surface area contributed by atoms with E-state index in [2.05, 4.69) is 30.4 Å². The molecule has 0 heterocycles. The van der Waals surface area contributed by atoms with Gasteiger partial charge in [-0.15, -0.1) is 0 Å². The maximum absolute atomic E-state index is 6.12. The molecular formula is C15H15ClN2S. The lowest BCUT2D eigenvalue weighted by atomic mass is 10.1. The van der Waals surface area contributed by atoms with Gasteiger partial charge in [-0.05, 0) is 24.6 Å². The van der Waals surface area contributed by atoms with Gasteiger partial charge in [-0.3, -0.25) is 0 Å². The van der Waals surface area contributed by atoms with E-state index in [4.69, 9.17) is 29.6 Å². The molecule has 2 rings (SSSR count). The van der Waals surface area contributed by atoms with E-state index in [1.165, 1.54) is 11.1 Å². The van der Waals surface area contributed by atoms with Crippen molar-refractivity contribution in [2.24, 2.45) is 5.73 Å². The number of benzene rings is 2. The second-order valence-corrected chi connectivity index (χ2v) is 5.22. The van der Waals surface area contributed by atoms with Crippen LogP contribution < -0.4 is 11.1 Å². The molecule has 0 unspecified atom stereocenters. The van der Waals surface area contributed by atoms with Crippen LogP contribution in [0.15, 0.2) is 42.5 Å². The Bertz CT molecular complexity index is 611. The lowest BCUT2D eigenvalue weighted by Crippen LogP contribution is -2.14. The van der Waals surface area contributed by atoms with Crippen LogP contribution in [0.1, 0.15) is 16.7 Å². The highest BCUT2D eigenvalue weighted by Gasteiger charge is 2.09. The van der Waals surface area contributed by atoms with Crippen molar-refractivity contribution in [1.29, 1.82) is 0 Å². The molecule has 2 aromatic rings. The maximum Gasteiger partial charge on any atom is 0.107 e. The number of rotatable bonds is 4. The van der Waals surface area contributed by atoms with Gasteiger partial charge in [0, 0.05) is 12.2 Å². The Morgan fingerprint density at radius 3 is 2.68 bits per heavy atom. The quantitative estimate of drug-likeness (QED) is 0.839. The van der Waals surface area contributed by atoms with Gasteiger partial charge in [-0.2, -0.15) is 0 Å². The zero-order valence-electron chi connectivity index (χ0n) is 10.6. The molecule has 0 saturated carbocycles. The van der Waals surface area contributed by atoms with Gasteiger partial charge < -0.3 is 11.1 Å². The van der Waals surface area contributed by atoms with Crippen molar-refractivity contribution in [3.8, 4) is 0 Å². The molecule has 0 atom stereocenters. The van der Waals surface area contributed by atoms with Gasteiger partial charge in [0.05, 0.1) is 10.6 Å². The van der Waals surface area contributed by atoms with Gasteiger partial charge in [0.1, 0.15) is 4.99 Å². The predicted molar refractivity (Wildman–Crippen MR) is 85.8 cm³/mol. The van der Waals surface area contributed by atoms with Gasteiger partial charge in [-0.1, -0.05) is 59.7 Å². The smallest absolute Gasteiger partial charge is 0.107 e. The zero-order valence-corrected chi connectivity index (χ0v) is 12.2. The van der Waals surface area contributed by atoms with Crippen LogP contribution >= 0.6 is 23.8 Å². The lowest BCUT2D eigenvalue weighted by Gasteiger charge is -2.13. The number of nitrogens with one attached hydrogen (secondary N) is 1. The van der Waals surface area contributed by atoms with E-state index >= 15 is 0 Å². The summed E-state index contributed by atoms with van der Waals surface area (Å²) in [4.78, 5) is 0.303. The fourth-order valence-electron chi connectivity index (χ4n) is 1.94. The third-order valence-electron chi connectivity index (χ3n) is 2.83. The summed E-state index contributed by atoms with van der Waals surface area (Å²) in [6, 6.07) is 13.9. The first-order chi connectivity index (χ1) is 9.08. The van der Waals surface area contributed by atoms with Gasteiger partial charge in [0.2, 0.25) is 0 Å². The van der Waals surface area contributed by atoms with E-state index in [9.17, 15) is 0 Å². The third-order valence-corrected chi connectivity index (χ3v) is 3.34. The third kappa shape index (κ3) is 3.46. The monoisotopic (exact) mass is 290 g/mol. The minimum atomic E-state index is 0.303. The highest BCUT2D eigenvalue weighted by molar-refractivity contribution is 7.80. The van der Waals surface area contributed by atoms with Crippen LogP contribution in [0.3, 0.4) is 0 Å². The molecule has 3 N–H and O–H groups in total. The molecule has 0 aliphatic carbocycles. The topological polar surface area (TPSA) is 38.0 Å². The van der Waals surface area contributed by atoms with Crippen molar-refractivity contribution < 1.29 is 0 Å². The molecule has 0 bridgehead atoms. The fraction of sp³-hybridized carbons (Fsp3) is 0.133. The zero-order chi connectivity index (χ0) is 13.8. The Kier molecular flexibility index (Phi) is 4.40. The van der Waals surface area contributed by atoms with Crippen LogP contribution in [-0.2, 0) is 6.54 Å². The molecule has 0 saturated heterocycles. The summed E-state index contributed by atoms with van der Waals surface area (Å²) < 4.78 is 0. The molecule has 2 aromatic carbocycles. The van der Waals surface area contributed by atoms with E-state index in [-0.39, 0.29) is 0 Å². The number of hydrogen-bond donors (Lipinski definition) is 2. The van der Waals surface area contributed by atoms with E-state index in [1.54, 1.807) is 6.07 Å². The Hall–Kier alpha value is -1.58. The lowest BCUT2D eigenvalue weighted by molar-refractivity contribution is 1.14. The van der Waals surface area contributed by atoms with Gasteiger partial charge >= 0.3 is 0 Å². The SMILES string of the molecule is Cc1cccc(CNc2cccc(Cl)c2C(N)=S)c1. The summed E-state index contributed by atoms with van der Waals surface area (Å²) in [5, 5.41) is 3.90. The summed E-state index contributed by atoms with van der Waals surface area (Å²) in [7, 11) is 0. The second-order valence-electron chi connectivity index (χ2n) is 4.37. The summed E-state index contributed by atoms with van der Waals surface area (Å²) in [6.07, 6.45) is 0. The van der Waals surface area contributed by atoms with E-state index in [1.807, 2.05) is 18.2 Å². The van der Waals surface area contributed by atoms with Crippen molar-refractivity contribution in [2.75, 3.05) is 5.32 Å². The largest absolute Gasteiger partial charge is 0.389 e. The fourth-order valence-corrected chi connectivity index (χ4v) is 2.49. The average Bonchev–Trinajstić information content (AvgIpc) is 2.36. The first-order valence-electron chi connectivity index (χ1n) is 5.95. The van der Waals surface area contributed by atoms with Crippen LogP contribution in [0.25, 0.3) is 0 Å². The standard InChI is InChI=1S/C15H15ClN2S/c1-10-4-2-5-11(8-10)9-18-13-7-3-6-12(16)14(13)15(17)19/h2-8,18H,9H2,1H3,(H2,17,19). The van der Waals surface area contributed by atoms with E-state index in [0.717, 1.165) is 5.69 Å². The molecule has 0 spiro atoms. The highest BCUT2D eigenvalue weighted by atomic mass is 35.5. The minimum Gasteiger partial charge on any atom is -0.389 e. The number of thiocarbonyl (C=S) groups is 1. The number of halogens is 1. The summed E-state index contributed by atoms with van der Waals surface area (Å²) in [6.45, 7) is 2.78. The molecule has 0 aliphatic heterocycles. The first-order valence-corrected chi connectivity index (χ1v) is 6.74. The number of anilines is 1. The maximum atomic E-state index is 6.12. The normalized spacial score (nSPS) is 10.2. The molecule has 0 radical (unpaired) electrons. The summed E-state index contributed by atoms with van der Waals surface area (Å²) >= 11 is 11.2. The molecule has 2 nitrogen and oxygen atoms in total. The molecule has 98 valence electrons. The van der Waals surface area contributed by atoms with Crippen LogP contribution in [0.2, 0.25) is 5.02 Å². The molecule has 0 aromatic heterocycles. The summed E-state index contributed by atoms with van der Waals surface area (Å²) in [5.74, 6) is 0. The summed E-state index contributed by atoms with van der Waals surface area (Å²) in [5.41, 5.74) is 9.72. The van der Waals surface area contributed by atoms with Crippen molar-refractivity contribution in [2.45, 2.75) is 13.5 Å². The van der Waals surface area contributed by atoms with Gasteiger partial charge in [0.15, 0.2) is 0 Å². The van der Waals surface area contributed by atoms with Crippen LogP contribution in [-0.4, -0.2) is 4.99 Å². The molecule has 0 amide bonds.